The number of nitrogens with zero attached hydrogens (tertiary/aromatic N) is 5. The molecule has 5 rings (SSSR count). The number of benzene rings is 2. The average molecular weight is 431 g/mol. The van der Waals surface area contributed by atoms with Crippen molar-refractivity contribution in [2.75, 3.05) is 42.5 Å². The van der Waals surface area contributed by atoms with E-state index in [1.165, 1.54) is 0 Å². The monoisotopic (exact) mass is 431 g/mol. The van der Waals surface area contributed by atoms with Gasteiger partial charge in [-0.1, -0.05) is 12.1 Å². The lowest BCUT2D eigenvalue weighted by molar-refractivity contribution is -0.384. The highest BCUT2D eigenvalue weighted by Crippen LogP contribution is 2.39. The number of anilines is 2. The predicted molar refractivity (Wildman–Crippen MR) is 121 cm³/mol. The third-order valence-corrected chi connectivity index (χ3v) is 7.01. The van der Waals surface area contributed by atoms with Crippen LogP contribution in [0.15, 0.2) is 42.5 Å². The third-order valence-electron chi connectivity index (χ3n) is 7.01. The Kier molecular flexibility index (Phi) is 5.17. The molecular formula is C24H25N5O3. The summed E-state index contributed by atoms with van der Waals surface area (Å²) in [6.07, 6.45) is 2.55. The van der Waals surface area contributed by atoms with E-state index in [1.807, 2.05) is 35.2 Å². The Morgan fingerprint density at radius 2 is 1.84 bits per heavy atom. The first kappa shape index (κ1) is 20.3. The Morgan fingerprint density at radius 1 is 1.06 bits per heavy atom. The molecule has 0 spiro atoms. The van der Waals surface area contributed by atoms with Gasteiger partial charge in [-0.25, -0.2) is 0 Å². The van der Waals surface area contributed by atoms with Gasteiger partial charge in [-0.3, -0.25) is 14.9 Å². The minimum atomic E-state index is -0.375. The molecule has 2 aromatic rings. The number of hydrogen-bond donors (Lipinski definition) is 0. The fourth-order valence-electron chi connectivity index (χ4n) is 5.44. The number of likely N-dealkylation sites (tertiary alicyclic amines) is 1. The smallest absolute Gasteiger partial charge is 0.269 e. The van der Waals surface area contributed by atoms with E-state index < -0.39 is 0 Å². The van der Waals surface area contributed by atoms with Crippen LogP contribution in [0.5, 0.6) is 0 Å². The summed E-state index contributed by atoms with van der Waals surface area (Å²) in [7, 11) is 0. The summed E-state index contributed by atoms with van der Waals surface area (Å²) in [6, 6.07) is 14.8. The topological polar surface area (TPSA) is 93.7 Å². The Balaban J connectivity index is 1.51. The SMILES string of the molecule is N#Cc1ccccc1N1CCN2c3ccc([N+](=O)[O-])cc3C[C@@H](C(=O)N3CCCC3)[C@@H]2C1. The number of nitro benzene ring substituents is 1. The van der Waals surface area contributed by atoms with Crippen molar-refractivity contribution in [3.63, 3.8) is 0 Å². The van der Waals surface area contributed by atoms with Crippen LogP contribution >= 0.6 is 0 Å². The zero-order chi connectivity index (χ0) is 22.2. The third kappa shape index (κ3) is 3.44. The Bertz CT molecular complexity index is 1110. The molecule has 3 aliphatic heterocycles. The molecule has 32 heavy (non-hydrogen) atoms. The van der Waals surface area contributed by atoms with Crippen LogP contribution in [0.1, 0.15) is 24.0 Å². The Labute approximate surface area is 186 Å². The van der Waals surface area contributed by atoms with Gasteiger partial charge in [-0.15, -0.1) is 0 Å². The fourth-order valence-corrected chi connectivity index (χ4v) is 5.44. The number of fused-ring (bicyclic) bond motifs is 3. The number of para-hydroxylation sites is 1. The first-order valence-corrected chi connectivity index (χ1v) is 11.1. The summed E-state index contributed by atoms with van der Waals surface area (Å²) >= 11 is 0. The standard InChI is InChI=1S/C24H25N5O3/c25-15-17-5-1-2-6-21(17)27-11-12-28-22-8-7-19(29(31)32)13-18(22)14-20(23(28)16-27)24(30)26-9-3-4-10-26/h1-2,5-8,13,20,23H,3-4,9-12,14,16H2/t20-,23+/m1/s1. The van der Waals surface area contributed by atoms with E-state index in [0.717, 1.165) is 49.4 Å². The lowest BCUT2D eigenvalue weighted by Crippen LogP contribution is -2.61. The van der Waals surface area contributed by atoms with E-state index in [1.54, 1.807) is 12.1 Å². The molecule has 2 aromatic carbocycles. The summed E-state index contributed by atoms with van der Waals surface area (Å²) < 4.78 is 0. The molecule has 8 nitrogen and oxygen atoms in total. The highest BCUT2D eigenvalue weighted by Gasteiger charge is 2.43. The van der Waals surface area contributed by atoms with Crippen LogP contribution in [0.2, 0.25) is 0 Å². The maximum absolute atomic E-state index is 13.5. The minimum absolute atomic E-state index is 0.0439. The van der Waals surface area contributed by atoms with E-state index in [2.05, 4.69) is 15.9 Å². The van der Waals surface area contributed by atoms with E-state index in [-0.39, 0.29) is 28.5 Å². The van der Waals surface area contributed by atoms with Crippen molar-refractivity contribution in [3.8, 4) is 6.07 Å². The quantitative estimate of drug-likeness (QED) is 0.548. The number of amides is 1. The van der Waals surface area contributed by atoms with Gasteiger partial charge in [-0.05, 0) is 43.0 Å². The van der Waals surface area contributed by atoms with Gasteiger partial charge in [0.05, 0.1) is 28.1 Å². The first-order chi connectivity index (χ1) is 15.6. The number of carbonyl (C=O) groups excluding carboxylic acids is 1. The Morgan fingerprint density at radius 3 is 2.59 bits per heavy atom. The summed E-state index contributed by atoms with van der Waals surface area (Å²) in [5, 5.41) is 20.9. The van der Waals surface area contributed by atoms with Gasteiger partial charge in [-0.2, -0.15) is 5.26 Å². The molecule has 0 saturated carbocycles. The molecule has 2 atom stereocenters. The lowest BCUT2D eigenvalue weighted by atomic mass is 9.82. The summed E-state index contributed by atoms with van der Waals surface area (Å²) in [5.74, 6) is -0.121. The normalized spacial score (nSPS) is 22.2. The second kappa shape index (κ2) is 8.15. The van der Waals surface area contributed by atoms with E-state index in [9.17, 15) is 20.2 Å². The van der Waals surface area contributed by atoms with Crippen LogP contribution in [0, 0.1) is 27.4 Å². The van der Waals surface area contributed by atoms with Crippen molar-refractivity contribution in [2.45, 2.75) is 25.3 Å². The van der Waals surface area contributed by atoms with Crippen LogP contribution in [-0.2, 0) is 11.2 Å². The number of nitro groups is 1. The van der Waals surface area contributed by atoms with Crippen LogP contribution in [0.25, 0.3) is 0 Å². The van der Waals surface area contributed by atoms with Crippen LogP contribution < -0.4 is 9.80 Å². The molecule has 0 aromatic heterocycles. The van der Waals surface area contributed by atoms with Gasteiger partial charge in [0, 0.05) is 50.5 Å². The largest absolute Gasteiger partial charge is 0.367 e. The second-order valence-corrected chi connectivity index (χ2v) is 8.75. The lowest BCUT2D eigenvalue weighted by Gasteiger charge is -2.50. The minimum Gasteiger partial charge on any atom is -0.367 e. The van der Waals surface area contributed by atoms with E-state index in [4.69, 9.17) is 0 Å². The molecule has 164 valence electrons. The van der Waals surface area contributed by atoms with Crippen LogP contribution in [-0.4, -0.2) is 54.5 Å². The summed E-state index contributed by atoms with van der Waals surface area (Å²) in [6.45, 7) is 3.62. The van der Waals surface area contributed by atoms with Gasteiger partial charge in [0.25, 0.3) is 5.69 Å². The highest BCUT2D eigenvalue weighted by molar-refractivity contribution is 5.83. The number of piperazine rings is 1. The molecule has 0 radical (unpaired) electrons. The van der Waals surface area contributed by atoms with Crippen molar-refractivity contribution in [1.82, 2.24) is 4.90 Å². The van der Waals surface area contributed by atoms with Crippen LogP contribution in [0.4, 0.5) is 17.1 Å². The molecule has 3 aliphatic rings. The molecule has 2 saturated heterocycles. The predicted octanol–water partition coefficient (Wildman–Crippen LogP) is 2.96. The molecule has 0 bridgehead atoms. The van der Waals surface area contributed by atoms with E-state index >= 15 is 0 Å². The zero-order valence-corrected chi connectivity index (χ0v) is 17.8. The fraction of sp³-hybridized carbons (Fsp3) is 0.417. The number of non-ortho nitro benzene ring substituents is 1. The number of nitriles is 1. The average Bonchev–Trinajstić information content (AvgIpc) is 3.37. The second-order valence-electron chi connectivity index (χ2n) is 8.75. The van der Waals surface area contributed by atoms with Crippen LogP contribution in [0.3, 0.4) is 0 Å². The van der Waals surface area contributed by atoms with Gasteiger partial charge in [0.2, 0.25) is 5.91 Å². The maximum atomic E-state index is 13.5. The molecule has 8 heteroatoms. The summed E-state index contributed by atoms with van der Waals surface area (Å²) in [4.78, 5) is 30.9. The van der Waals surface area contributed by atoms with Crippen molar-refractivity contribution in [3.05, 3.63) is 63.7 Å². The molecule has 1 amide bonds. The van der Waals surface area contributed by atoms with Gasteiger partial charge in [0.1, 0.15) is 6.07 Å². The Hall–Kier alpha value is -3.60. The van der Waals surface area contributed by atoms with Gasteiger partial charge < -0.3 is 14.7 Å². The molecule has 0 unspecified atom stereocenters. The number of carbonyl (C=O) groups is 1. The number of hydrogen-bond acceptors (Lipinski definition) is 6. The molecule has 0 aliphatic carbocycles. The van der Waals surface area contributed by atoms with Crippen molar-refractivity contribution in [1.29, 1.82) is 5.26 Å². The van der Waals surface area contributed by atoms with Crippen molar-refractivity contribution >= 4 is 23.0 Å². The molecular weight excluding hydrogens is 406 g/mol. The van der Waals surface area contributed by atoms with E-state index in [0.29, 0.717) is 25.1 Å². The summed E-state index contributed by atoms with van der Waals surface area (Å²) in [5.41, 5.74) is 3.46. The van der Waals surface area contributed by atoms with Crippen molar-refractivity contribution in [2.24, 2.45) is 5.92 Å². The maximum Gasteiger partial charge on any atom is 0.269 e. The molecule has 2 fully saturated rings. The zero-order valence-electron chi connectivity index (χ0n) is 17.8. The van der Waals surface area contributed by atoms with Gasteiger partial charge in [0.15, 0.2) is 0 Å². The van der Waals surface area contributed by atoms with Crippen molar-refractivity contribution < 1.29 is 9.72 Å². The number of rotatable bonds is 3. The molecule has 0 N–H and O–H groups in total. The highest BCUT2D eigenvalue weighted by atomic mass is 16.6. The van der Waals surface area contributed by atoms with Gasteiger partial charge >= 0.3 is 0 Å². The first-order valence-electron chi connectivity index (χ1n) is 11.1. The molecule has 3 heterocycles.